The molecule has 0 aliphatic heterocycles. The van der Waals surface area contributed by atoms with Gasteiger partial charge in [0.1, 0.15) is 5.60 Å². The van der Waals surface area contributed by atoms with Gasteiger partial charge in [-0.1, -0.05) is 12.1 Å². The molecule has 1 aromatic rings. The summed E-state index contributed by atoms with van der Waals surface area (Å²) in [7, 11) is 0. The summed E-state index contributed by atoms with van der Waals surface area (Å²) in [6.07, 6.45) is 0.869. The van der Waals surface area contributed by atoms with E-state index in [0.29, 0.717) is 18.4 Å². The van der Waals surface area contributed by atoms with Gasteiger partial charge in [-0.2, -0.15) is 0 Å². The van der Waals surface area contributed by atoms with Crippen molar-refractivity contribution in [2.24, 2.45) is 0 Å². The standard InChI is InChI=1S/C15H19NO4/c1-15(2,3)20-14(19)16-12-8-7-9-10(12)5-4-6-11(9)13(17)18/h4-6,12H,7-8H2,1-3H3,(H,16,19)(H,17,18)/t12-/m1/s1. The van der Waals surface area contributed by atoms with Crippen LogP contribution in [-0.4, -0.2) is 22.8 Å². The van der Waals surface area contributed by atoms with Gasteiger partial charge in [0.05, 0.1) is 11.6 Å². The first-order valence-electron chi connectivity index (χ1n) is 6.62. The van der Waals surface area contributed by atoms with Gasteiger partial charge >= 0.3 is 12.1 Å². The predicted octanol–water partition coefficient (Wildman–Crippen LogP) is 2.90. The number of benzene rings is 1. The van der Waals surface area contributed by atoms with Gasteiger partial charge in [0, 0.05) is 0 Å². The fourth-order valence-corrected chi connectivity index (χ4v) is 2.45. The van der Waals surface area contributed by atoms with Crippen molar-refractivity contribution in [2.45, 2.75) is 45.3 Å². The zero-order valence-corrected chi connectivity index (χ0v) is 11.9. The number of alkyl carbamates (subject to hydrolysis) is 1. The molecule has 0 saturated heterocycles. The molecule has 0 heterocycles. The topological polar surface area (TPSA) is 75.6 Å². The molecule has 1 aliphatic rings. The Hall–Kier alpha value is -2.04. The molecular formula is C15H19NO4. The van der Waals surface area contributed by atoms with Crippen LogP contribution < -0.4 is 5.32 Å². The molecular weight excluding hydrogens is 258 g/mol. The van der Waals surface area contributed by atoms with E-state index >= 15 is 0 Å². The fraction of sp³-hybridized carbons (Fsp3) is 0.467. The number of rotatable bonds is 2. The van der Waals surface area contributed by atoms with Gasteiger partial charge in [0.25, 0.3) is 0 Å². The number of amides is 1. The normalized spacial score (nSPS) is 17.4. The Morgan fingerprint density at radius 3 is 2.65 bits per heavy atom. The van der Waals surface area contributed by atoms with E-state index in [1.165, 1.54) is 0 Å². The van der Waals surface area contributed by atoms with Gasteiger partial charge in [-0.05, 0) is 50.8 Å². The summed E-state index contributed by atoms with van der Waals surface area (Å²) in [5, 5.41) is 12.0. The Bertz CT molecular complexity index is 545. The van der Waals surface area contributed by atoms with Crippen molar-refractivity contribution < 1.29 is 19.4 Å². The molecule has 0 aromatic heterocycles. The summed E-state index contributed by atoms with van der Waals surface area (Å²) >= 11 is 0. The Balaban J connectivity index is 2.15. The van der Waals surface area contributed by atoms with E-state index in [9.17, 15) is 9.59 Å². The SMILES string of the molecule is CC(C)(C)OC(=O)N[C@@H]1CCc2c(C(=O)O)cccc21. The van der Waals surface area contributed by atoms with Crippen molar-refractivity contribution in [3.8, 4) is 0 Å². The van der Waals surface area contributed by atoms with Crippen LogP contribution in [0.5, 0.6) is 0 Å². The molecule has 1 atom stereocenters. The lowest BCUT2D eigenvalue weighted by Crippen LogP contribution is -2.34. The minimum Gasteiger partial charge on any atom is -0.478 e. The average Bonchev–Trinajstić information content (AvgIpc) is 2.69. The van der Waals surface area contributed by atoms with Crippen molar-refractivity contribution in [1.29, 1.82) is 0 Å². The molecule has 5 nitrogen and oxygen atoms in total. The number of carboxylic acids is 1. The lowest BCUT2D eigenvalue weighted by atomic mass is 10.0. The van der Waals surface area contributed by atoms with Crippen LogP contribution in [0.15, 0.2) is 18.2 Å². The van der Waals surface area contributed by atoms with Gasteiger partial charge in [-0.3, -0.25) is 0 Å². The molecule has 1 amide bonds. The molecule has 0 saturated carbocycles. The van der Waals surface area contributed by atoms with Crippen LogP contribution in [0.1, 0.15) is 54.7 Å². The third-order valence-electron chi connectivity index (χ3n) is 3.19. The maximum Gasteiger partial charge on any atom is 0.408 e. The number of carbonyl (C=O) groups is 2. The first-order chi connectivity index (χ1) is 9.28. The molecule has 0 radical (unpaired) electrons. The van der Waals surface area contributed by atoms with E-state index in [1.807, 2.05) is 6.07 Å². The highest BCUT2D eigenvalue weighted by atomic mass is 16.6. The summed E-state index contributed by atoms with van der Waals surface area (Å²) in [6.45, 7) is 5.41. The maximum atomic E-state index is 11.8. The van der Waals surface area contributed by atoms with Crippen LogP contribution in [0, 0.1) is 0 Å². The predicted molar refractivity (Wildman–Crippen MR) is 73.8 cm³/mol. The van der Waals surface area contributed by atoms with E-state index in [-0.39, 0.29) is 6.04 Å². The smallest absolute Gasteiger partial charge is 0.408 e. The molecule has 0 fully saturated rings. The zero-order valence-electron chi connectivity index (χ0n) is 11.9. The summed E-state index contributed by atoms with van der Waals surface area (Å²) in [5.74, 6) is -0.931. The minimum absolute atomic E-state index is 0.181. The highest BCUT2D eigenvalue weighted by Crippen LogP contribution is 2.33. The highest BCUT2D eigenvalue weighted by molar-refractivity contribution is 5.90. The number of ether oxygens (including phenoxy) is 1. The van der Waals surface area contributed by atoms with Crippen LogP contribution in [-0.2, 0) is 11.2 Å². The van der Waals surface area contributed by atoms with Crippen LogP contribution in [0.3, 0.4) is 0 Å². The third-order valence-corrected chi connectivity index (χ3v) is 3.19. The summed E-state index contributed by atoms with van der Waals surface area (Å²) in [6, 6.07) is 4.98. The summed E-state index contributed by atoms with van der Waals surface area (Å²) in [5.41, 5.74) is 1.45. The van der Waals surface area contributed by atoms with Crippen molar-refractivity contribution in [2.75, 3.05) is 0 Å². The Labute approximate surface area is 117 Å². The Morgan fingerprint density at radius 1 is 1.35 bits per heavy atom. The molecule has 0 bridgehead atoms. The number of hydrogen-bond donors (Lipinski definition) is 2. The second-order valence-electron chi connectivity index (χ2n) is 5.92. The highest BCUT2D eigenvalue weighted by Gasteiger charge is 2.28. The van der Waals surface area contributed by atoms with Gasteiger partial charge in [0.15, 0.2) is 0 Å². The van der Waals surface area contributed by atoms with Crippen LogP contribution >= 0.6 is 0 Å². The van der Waals surface area contributed by atoms with Crippen molar-refractivity contribution in [3.63, 3.8) is 0 Å². The average molecular weight is 277 g/mol. The second kappa shape index (κ2) is 5.15. The first kappa shape index (κ1) is 14.4. The number of carboxylic acid groups (broad SMARTS) is 1. The lowest BCUT2D eigenvalue weighted by molar-refractivity contribution is 0.0503. The number of fused-ring (bicyclic) bond motifs is 1. The molecule has 1 aromatic carbocycles. The van der Waals surface area contributed by atoms with E-state index in [2.05, 4.69) is 5.32 Å². The molecule has 2 N–H and O–H groups in total. The van der Waals surface area contributed by atoms with E-state index in [4.69, 9.17) is 9.84 Å². The molecule has 5 heteroatoms. The monoisotopic (exact) mass is 277 g/mol. The molecule has 108 valence electrons. The number of aromatic carboxylic acids is 1. The zero-order chi connectivity index (χ0) is 14.9. The maximum absolute atomic E-state index is 11.8. The van der Waals surface area contributed by atoms with Gasteiger partial charge in [0.2, 0.25) is 0 Å². The number of carbonyl (C=O) groups excluding carboxylic acids is 1. The van der Waals surface area contributed by atoms with Gasteiger partial charge in [-0.25, -0.2) is 9.59 Å². The molecule has 0 unspecified atom stereocenters. The number of nitrogens with one attached hydrogen (secondary N) is 1. The molecule has 20 heavy (non-hydrogen) atoms. The summed E-state index contributed by atoms with van der Waals surface area (Å²) < 4.78 is 5.23. The minimum atomic E-state index is -0.931. The number of hydrogen-bond acceptors (Lipinski definition) is 3. The van der Waals surface area contributed by atoms with E-state index < -0.39 is 17.7 Å². The lowest BCUT2D eigenvalue weighted by Gasteiger charge is -2.22. The first-order valence-corrected chi connectivity index (χ1v) is 6.62. The van der Waals surface area contributed by atoms with Crippen molar-refractivity contribution in [3.05, 3.63) is 34.9 Å². The van der Waals surface area contributed by atoms with Gasteiger partial charge < -0.3 is 15.2 Å². The third kappa shape index (κ3) is 3.10. The fourth-order valence-electron chi connectivity index (χ4n) is 2.45. The Morgan fingerprint density at radius 2 is 2.05 bits per heavy atom. The molecule has 1 aliphatic carbocycles. The van der Waals surface area contributed by atoms with Gasteiger partial charge in [-0.15, -0.1) is 0 Å². The van der Waals surface area contributed by atoms with Crippen LogP contribution in [0.2, 0.25) is 0 Å². The van der Waals surface area contributed by atoms with Crippen LogP contribution in [0.25, 0.3) is 0 Å². The van der Waals surface area contributed by atoms with Crippen molar-refractivity contribution in [1.82, 2.24) is 5.32 Å². The molecule has 2 rings (SSSR count). The van der Waals surface area contributed by atoms with E-state index in [1.54, 1.807) is 32.9 Å². The second-order valence-corrected chi connectivity index (χ2v) is 5.92. The van der Waals surface area contributed by atoms with Crippen molar-refractivity contribution >= 4 is 12.1 Å². The van der Waals surface area contributed by atoms with E-state index in [0.717, 1.165) is 11.1 Å². The van der Waals surface area contributed by atoms with Crippen LogP contribution in [0.4, 0.5) is 4.79 Å². The Kier molecular flexibility index (Phi) is 3.70. The summed E-state index contributed by atoms with van der Waals surface area (Å²) in [4.78, 5) is 23.0. The quantitative estimate of drug-likeness (QED) is 0.871. The molecule has 0 spiro atoms. The largest absolute Gasteiger partial charge is 0.478 e.